The van der Waals surface area contributed by atoms with E-state index in [4.69, 9.17) is 0 Å². The van der Waals surface area contributed by atoms with Crippen LogP contribution in [0, 0.1) is 11.3 Å². The first-order chi connectivity index (χ1) is 5.80. The minimum absolute atomic E-state index is 0.387. The van der Waals surface area contributed by atoms with Crippen molar-refractivity contribution < 1.29 is 0 Å². The van der Waals surface area contributed by atoms with Crippen molar-refractivity contribution in [3.63, 3.8) is 0 Å². The van der Waals surface area contributed by atoms with E-state index in [1.165, 1.54) is 13.0 Å². The SMILES string of the molecule is CCCN(C)C(C(C)C)C(C)(C)C. The largest absolute Gasteiger partial charge is 0.303 e. The standard InChI is InChI=1S/C12H27N/c1-8-9-13(7)11(10(2)3)12(4,5)6/h10-11H,8-9H2,1-7H3. The van der Waals surface area contributed by atoms with Gasteiger partial charge < -0.3 is 4.90 Å². The fourth-order valence-electron chi connectivity index (χ4n) is 2.66. The van der Waals surface area contributed by atoms with Gasteiger partial charge in [0.05, 0.1) is 0 Å². The van der Waals surface area contributed by atoms with Gasteiger partial charge in [-0.15, -0.1) is 0 Å². The maximum atomic E-state index is 2.50. The summed E-state index contributed by atoms with van der Waals surface area (Å²) in [4.78, 5) is 2.50. The average Bonchev–Trinajstić information content (AvgIpc) is 1.82. The van der Waals surface area contributed by atoms with Crippen LogP contribution in [0.2, 0.25) is 0 Å². The van der Waals surface area contributed by atoms with Gasteiger partial charge in [0.1, 0.15) is 0 Å². The number of rotatable bonds is 4. The van der Waals surface area contributed by atoms with E-state index in [1.807, 2.05) is 0 Å². The van der Waals surface area contributed by atoms with Gasteiger partial charge in [0.2, 0.25) is 0 Å². The lowest BCUT2D eigenvalue weighted by Gasteiger charge is -2.41. The van der Waals surface area contributed by atoms with Crippen LogP contribution in [-0.4, -0.2) is 24.5 Å². The van der Waals surface area contributed by atoms with Gasteiger partial charge in [0.15, 0.2) is 0 Å². The summed E-state index contributed by atoms with van der Waals surface area (Å²) in [7, 11) is 2.25. The predicted molar refractivity (Wildman–Crippen MR) is 61.0 cm³/mol. The summed E-state index contributed by atoms with van der Waals surface area (Å²) < 4.78 is 0. The Hall–Kier alpha value is -0.0400. The van der Waals surface area contributed by atoms with E-state index in [0.717, 1.165) is 5.92 Å². The molecule has 0 amide bonds. The first-order valence-electron chi connectivity index (χ1n) is 5.51. The second-order valence-corrected chi connectivity index (χ2v) is 5.54. The van der Waals surface area contributed by atoms with E-state index >= 15 is 0 Å². The van der Waals surface area contributed by atoms with Crippen LogP contribution in [0.1, 0.15) is 48.0 Å². The zero-order valence-corrected chi connectivity index (χ0v) is 10.5. The summed E-state index contributed by atoms with van der Waals surface area (Å²) in [5.41, 5.74) is 0.387. The highest BCUT2D eigenvalue weighted by molar-refractivity contribution is 4.83. The fourth-order valence-corrected chi connectivity index (χ4v) is 2.66. The highest BCUT2D eigenvalue weighted by atomic mass is 15.1. The van der Waals surface area contributed by atoms with E-state index in [0.29, 0.717) is 11.5 Å². The Morgan fingerprint density at radius 3 is 1.85 bits per heavy atom. The van der Waals surface area contributed by atoms with E-state index in [1.54, 1.807) is 0 Å². The Morgan fingerprint density at radius 1 is 1.15 bits per heavy atom. The molecule has 0 saturated carbocycles. The molecule has 0 fully saturated rings. The van der Waals surface area contributed by atoms with Crippen LogP contribution in [0.25, 0.3) is 0 Å². The fraction of sp³-hybridized carbons (Fsp3) is 1.00. The molecule has 0 aromatic carbocycles. The summed E-state index contributed by atoms with van der Waals surface area (Å²) >= 11 is 0. The first-order valence-corrected chi connectivity index (χ1v) is 5.51. The smallest absolute Gasteiger partial charge is 0.0164 e. The van der Waals surface area contributed by atoms with Crippen molar-refractivity contribution in [2.45, 2.75) is 54.0 Å². The monoisotopic (exact) mass is 185 g/mol. The van der Waals surface area contributed by atoms with Crippen LogP contribution in [0.15, 0.2) is 0 Å². The molecular formula is C12H27N. The van der Waals surface area contributed by atoms with Crippen LogP contribution < -0.4 is 0 Å². The lowest BCUT2D eigenvalue weighted by atomic mass is 9.79. The maximum Gasteiger partial charge on any atom is 0.0164 e. The van der Waals surface area contributed by atoms with Crippen LogP contribution in [0.5, 0.6) is 0 Å². The lowest BCUT2D eigenvalue weighted by molar-refractivity contribution is 0.0856. The molecule has 0 aliphatic carbocycles. The molecule has 0 spiro atoms. The van der Waals surface area contributed by atoms with Gasteiger partial charge in [-0.2, -0.15) is 0 Å². The second-order valence-electron chi connectivity index (χ2n) is 5.54. The van der Waals surface area contributed by atoms with E-state index in [9.17, 15) is 0 Å². The van der Waals surface area contributed by atoms with Gasteiger partial charge in [0, 0.05) is 6.04 Å². The molecule has 1 heteroatoms. The summed E-state index contributed by atoms with van der Waals surface area (Å²) in [6.07, 6.45) is 1.25. The molecule has 13 heavy (non-hydrogen) atoms. The quantitative estimate of drug-likeness (QED) is 0.649. The van der Waals surface area contributed by atoms with E-state index in [-0.39, 0.29) is 0 Å². The lowest BCUT2D eigenvalue weighted by Crippen LogP contribution is -2.45. The zero-order valence-electron chi connectivity index (χ0n) is 10.5. The molecular weight excluding hydrogens is 158 g/mol. The molecule has 0 radical (unpaired) electrons. The van der Waals surface area contributed by atoms with Gasteiger partial charge in [0.25, 0.3) is 0 Å². The molecule has 0 aromatic heterocycles. The van der Waals surface area contributed by atoms with Gasteiger partial charge >= 0.3 is 0 Å². The molecule has 0 aromatic rings. The minimum Gasteiger partial charge on any atom is -0.303 e. The molecule has 1 atom stereocenters. The molecule has 0 saturated heterocycles. The molecule has 0 N–H and O–H groups in total. The Balaban J connectivity index is 4.42. The van der Waals surface area contributed by atoms with E-state index in [2.05, 4.69) is 53.5 Å². The molecule has 1 unspecified atom stereocenters. The Labute approximate surface area is 84.5 Å². The number of hydrogen-bond acceptors (Lipinski definition) is 1. The highest BCUT2D eigenvalue weighted by Crippen LogP contribution is 2.29. The summed E-state index contributed by atoms with van der Waals surface area (Å²) in [6.45, 7) is 15.1. The van der Waals surface area contributed by atoms with Crippen LogP contribution >= 0.6 is 0 Å². The van der Waals surface area contributed by atoms with Crippen molar-refractivity contribution in [1.82, 2.24) is 4.90 Å². The average molecular weight is 185 g/mol. The van der Waals surface area contributed by atoms with Crippen molar-refractivity contribution in [3.05, 3.63) is 0 Å². The molecule has 1 nitrogen and oxygen atoms in total. The Morgan fingerprint density at radius 2 is 1.62 bits per heavy atom. The zero-order chi connectivity index (χ0) is 10.6. The molecule has 0 bridgehead atoms. The summed E-state index contributed by atoms with van der Waals surface area (Å²) in [5, 5.41) is 0. The summed E-state index contributed by atoms with van der Waals surface area (Å²) in [5.74, 6) is 0.733. The molecule has 80 valence electrons. The van der Waals surface area contributed by atoms with Crippen LogP contribution in [-0.2, 0) is 0 Å². The summed E-state index contributed by atoms with van der Waals surface area (Å²) in [6, 6.07) is 0.687. The van der Waals surface area contributed by atoms with Crippen molar-refractivity contribution in [3.8, 4) is 0 Å². The van der Waals surface area contributed by atoms with E-state index < -0.39 is 0 Å². The molecule has 0 aliphatic rings. The molecule has 0 rings (SSSR count). The van der Waals surface area contributed by atoms with Gasteiger partial charge in [-0.25, -0.2) is 0 Å². The maximum absolute atomic E-state index is 2.50. The van der Waals surface area contributed by atoms with Crippen molar-refractivity contribution >= 4 is 0 Å². The first kappa shape index (κ1) is 13.0. The molecule has 0 aliphatic heterocycles. The normalized spacial score (nSPS) is 15.5. The minimum atomic E-state index is 0.387. The second kappa shape index (κ2) is 4.99. The third-order valence-corrected chi connectivity index (χ3v) is 2.57. The third-order valence-electron chi connectivity index (χ3n) is 2.57. The van der Waals surface area contributed by atoms with Crippen LogP contribution in [0.4, 0.5) is 0 Å². The van der Waals surface area contributed by atoms with Crippen molar-refractivity contribution in [1.29, 1.82) is 0 Å². The third kappa shape index (κ3) is 4.12. The van der Waals surface area contributed by atoms with Crippen molar-refractivity contribution in [2.75, 3.05) is 13.6 Å². The molecule has 0 heterocycles. The topological polar surface area (TPSA) is 3.24 Å². The van der Waals surface area contributed by atoms with Gasteiger partial charge in [-0.1, -0.05) is 41.5 Å². The van der Waals surface area contributed by atoms with Gasteiger partial charge in [-0.05, 0) is 31.3 Å². The van der Waals surface area contributed by atoms with Crippen LogP contribution in [0.3, 0.4) is 0 Å². The Bertz CT molecular complexity index is 133. The number of nitrogens with zero attached hydrogens (tertiary/aromatic N) is 1. The Kier molecular flexibility index (Phi) is 4.98. The van der Waals surface area contributed by atoms with Crippen molar-refractivity contribution in [2.24, 2.45) is 11.3 Å². The van der Waals surface area contributed by atoms with Gasteiger partial charge in [-0.3, -0.25) is 0 Å². The number of hydrogen-bond donors (Lipinski definition) is 0. The predicted octanol–water partition coefficient (Wildman–Crippen LogP) is 3.40. The highest BCUT2D eigenvalue weighted by Gasteiger charge is 2.30.